The molecule has 6 heteroatoms. The first-order valence-corrected chi connectivity index (χ1v) is 6.92. The second kappa shape index (κ2) is 5.80. The van der Waals surface area contributed by atoms with Crippen molar-refractivity contribution in [2.45, 2.75) is 25.9 Å². The minimum Gasteiger partial charge on any atom is -0.376 e. The highest BCUT2D eigenvalue weighted by Crippen LogP contribution is 2.29. The molecule has 0 aliphatic carbocycles. The molecule has 0 bridgehead atoms. The third-order valence-electron chi connectivity index (χ3n) is 2.81. The third kappa shape index (κ3) is 2.97. The number of hydrogen-bond acceptors (Lipinski definition) is 5. The highest BCUT2D eigenvalue weighted by atomic mass is 35.5. The monoisotopic (exact) mass is 274 g/mol. The molecule has 0 spiro atoms. The predicted molar refractivity (Wildman–Crippen MR) is 69.4 cm³/mol. The lowest BCUT2D eigenvalue weighted by molar-refractivity contribution is 0.112. The molecule has 0 amide bonds. The first-order valence-electron chi connectivity index (χ1n) is 5.72. The van der Waals surface area contributed by atoms with Crippen LogP contribution < -0.4 is 4.90 Å². The van der Waals surface area contributed by atoms with Gasteiger partial charge in [0, 0.05) is 19.7 Å². The van der Waals surface area contributed by atoms with E-state index in [0.29, 0.717) is 10.0 Å². The maximum atomic E-state index is 10.7. The largest absolute Gasteiger partial charge is 0.376 e. The van der Waals surface area contributed by atoms with Crippen molar-refractivity contribution in [2.75, 3.05) is 24.6 Å². The molecular formula is C11H15ClN2O2S. The zero-order valence-electron chi connectivity index (χ0n) is 9.69. The Morgan fingerprint density at radius 2 is 2.53 bits per heavy atom. The van der Waals surface area contributed by atoms with Crippen molar-refractivity contribution < 1.29 is 9.53 Å². The summed E-state index contributed by atoms with van der Waals surface area (Å²) in [5.74, 6) is 0. The standard InChI is InChI=1S/C11H15ClN2O2S/c1-2-14(6-8-4-3-5-16-8)11-13-10(12)9(7-15)17-11/h7-8H,2-6H2,1H3. The molecule has 1 saturated heterocycles. The summed E-state index contributed by atoms with van der Waals surface area (Å²) >= 11 is 7.21. The van der Waals surface area contributed by atoms with Gasteiger partial charge in [-0.2, -0.15) is 0 Å². The van der Waals surface area contributed by atoms with Gasteiger partial charge in [0.2, 0.25) is 0 Å². The first kappa shape index (κ1) is 12.8. The van der Waals surface area contributed by atoms with Gasteiger partial charge in [-0.05, 0) is 19.8 Å². The van der Waals surface area contributed by atoms with Crippen molar-refractivity contribution in [1.82, 2.24) is 4.98 Å². The van der Waals surface area contributed by atoms with Gasteiger partial charge in [-0.25, -0.2) is 4.98 Å². The van der Waals surface area contributed by atoms with Crippen molar-refractivity contribution in [3.63, 3.8) is 0 Å². The van der Waals surface area contributed by atoms with Crippen molar-refractivity contribution in [3.8, 4) is 0 Å². The number of likely N-dealkylation sites (N-methyl/N-ethyl adjacent to an activating group) is 1. The molecule has 4 nitrogen and oxygen atoms in total. The Hall–Kier alpha value is -0.650. The Labute approximate surface area is 110 Å². The lowest BCUT2D eigenvalue weighted by Crippen LogP contribution is -2.31. The maximum Gasteiger partial charge on any atom is 0.187 e. The van der Waals surface area contributed by atoms with Crippen LogP contribution in [0.25, 0.3) is 0 Å². The van der Waals surface area contributed by atoms with E-state index in [9.17, 15) is 4.79 Å². The molecule has 0 saturated carbocycles. The number of aromatic nitrogens is 1. The van der Waals surface area contributed by atoms with Gasteiger partial charge < -0.3 is 9.64 Å². The molecule has 0 N–H and O–H groups in total. The molecule has 0 radical (unpaired) electrons. The Balaban J connectivity index is 2.07. The van der Waals surface area contributed by atoms with Crippen LogP contribution in [0.3, 0.4) is 0 Å². The van der Waals surface area contributed by atoms with Crippen LogP contribution in [0.4, 0.5) is 5.13 Å². The van der Waals surface area contributed by atoms with Gasteiger partial charge in [-0.1, -0.05) is 22.9 Å². The number of carbonyl (C=O) groups excluding carboxylic acids is 1. The Morgan fingerprint density at radius 3 is 3.06 bits per heavy atom. The van der Waals surface area contributed by atoms with Crippen LogP contribution in [0.1, 0.15) is 29.4 Å². The maximum absolute atomic E-state index is 10.7. The van der Waals surface area contributed by atoms with E-state index in [1.807, 2.05) is 0 Å². The second-order valence-corrected chi connectivity index (χ2v) is 5.31. The van der Waals surface area contributed by atoms with E-state index in [-0.39, 0.29) is 6.10 Å². The summed E-state index contributed by atoms with van der Waals surface area (Å²) in [4.78, 5) is 17.6. The van der Waals surface area contributed by atoms with E-state index in [1.165, 1.54) is 11.3 Å². The smallest absolute Gasteiger partial charge is 0.187 e. The van der Waals surface area contributed by atoms with Gasteiger partial charge in [-0.15, -0.1) is 0 Å². The average Bonchev–Trinajstić information content (AvgIpc) is 2.95. The average molecular weight is 275 g/mol. The molecule has 1 aromatic rings. The van der Waals surface area contributed by atoms with E-state index in [0.717, 1.165) is 44.0 Å². The molecule has 1 fully saturated rings. The van der Waals surface area contributed by atoms with Crippen LogP contribution in [-0.4, -0.2) is 37.1 Å². The fraction of sp³-hybridized carbons (Fsp3) is 0.636. The predicted octanol–water partition coefficient (Wildman–Crippen LogP) is 2.61. The molecule has 1 aromatic heterocycles. The zero-order chi connectivity index (χ0) is 12.3. The summed E-state index contributed by atoms with van der Waals surface area (Å²) in [6.45, 7) is 4.56. The number of ether oxygens (including phenoxy) is 1. The lowest BCUT2D eigenvalue weighted by Gasteiger charge is -2.22. The number of aldehydes is 1. The van der Waals surface area contributed by atoms with Gasteiger partial charge in [0.15, 0.2) is 16.6 Å². The zero-order valence-corrected chi connectivity index (χ0v) is 11.3. The Kier molecular flexibility index (Phi) is 4.36. The van der Waals surface area contributed by atoms with Gasteiger partial charge in [0.1, 0.15) is 4.88 Å². The molecular weight excluding hydrogens is 260 g/mol. The summed E-state index contributed by atoms with van der Waals surface area (Å²) in [7, 11) is 0. The fourth-order valence-corrected chi connectivity index (χ4v) is 3.02. The molecule has 1 atom stereocenters. The SMILES string of the molecule is CCN(CC1CCCO1)c1nc(Cl)c(C=O)s1. The number of hydrogen-bond donors (Lipinski definition) is 0. The molecule has 2 rings (SSSR count). The number of halogens is 1. The van der Waals surface area contributed by atoms with Crippen molar-refractivity contribution >= 4 is 34.4 Å². The summed E-state index contributed by atoms with van der Waals surface area (Å²) in [6, 6.07) is 0. The van der Waals surface area contributed by atoms with Crippen LogP contribution in [-0.2, 0) is 4.74 Å². The highest BCUT2D eigenvalue weighted by Gasteiger charge is 2.21. The molecule has 94 valence electrons. The minimum absolute atomic E-state index is 0.275. The van der Waals surface area contributed by atoms with Crippen LogP contribution in [0.2, 0.25) is 5.15 Å². The third-order valence-corrected chi connectivity index (χ3v) is 4.25. The van der Waals surface area contributed by atoms with Gasteiger partial charge >= 0.3 is 0 Å². The normalized spacial score (nSPS) is 19.5. The van der Waals surface area contributed by atoms with Crippen molar-refractivity contribution in [1.29, 1.82) is 0 Å². The van der Waals surface area contributed by atoms with Crippen LogP contribution >= 0.6 is 22.9 Å². The van der Waals surface area contributed by atoms with E-state index in [2.05, 4.69) is 16.8 Å². The summed E-state index contributed by atoms with van der Waals surface area (Å²) in [5, 5.41) is 1.10. The van der Waals surface area contributed by atoms with Crippen LogP contribution in [0, 0.1) is 0 Å². The summed E-state index contributed by atoms with van der Waals surface area (Å²) in [5.41, 5.74) is 0. The quantitative estimate of drug-likeness (QED) is 0.774. The number of rotatable bonds is 5. The molecule has 1 unspecified atom stereocenters. The number of anilines is 1. The van der Waals surface area contributed by atoms with Gasteiger partial charge in [0.05, 0.1) is 6.10 Å². The number of carbonyl (C=O) groups is 1. The van der Waals surface area contributed by atoms with Crippen LogP contribution in [0.15, 0.2) is 0 Å². The second-order valence-electron chi connectivity index (χ2n) is 3.94. The van der Waals surface area contributed by atoms with E-state index in [1.54, 1.807) is 0 Å². The molecule has 2 heterocycles. The fourth-order valence-electron chi connectivity index (χ4n) is 1.89. The topological polar surface area (TPSA) is 42.4 Å². The molecule has 17 heavy (non-hydrogen) atoms. The summed E-state index contributed by atoms with van der Waals surface area (Å²) in [6.07, 6.45) is 3.25. The number of nitrogens with zero attached hydrogens (tertiary/aromatic N) is 2. The van der Waals surface area contributed by atoms with Gasteiger partial charge in [-0.3, -0.25) is 4.79 Å². The molecule has 0 aromatic carbocycles. The Bertz CT molecular complexity index is 391. The van der Waals surface area contributed by atoms with Gasteiger partial charge in [0.25, 0.3) is 0 Å². The summed E-state index contributed by atoms with van der Waals surface area (Å²) < 4.78 is 5.60. The van der Waals surface area contributed by atoms with E-state index < -0.39 is 0 Å². The minimum atomic E-state index is 0.275. The van der Waals surface area contributed by atoms with E-state index in [4.69, 9.17) is 16.3 Å². The van der Waals surface area contributed by atoms with E-state index >= 15 is 0 Å². The molecule has 1 aliphatic rings. The van der Waals surface area contributed by atoms with Crippen molar-refractivity contribution in [2.24, 2.45) is 0 Å². The lowest BCUT2D eigenvalue weighted by atomic mass is 10.2. The highest BCUT2D eigenvalue weighted by molar-refractivity contribution is 7.17. The number of thiazole rings is 1. The van der Waals surface area contributed by atoms with Crippen molar-refractivity contribution in [3.05, 3.63) is 10.0 Å². The Morgan fingerprint density at radius 1 is 1.71 bits per heavy atom. The van der Waals surface area contributed by atoms with Crippen LogP contribution in [0.5, 0.6) is 0 Å². The molecule has 1 aliphatic heterocycles. The first-order chi connectivity index (χ1) is 8.24.